The van der Waals surface area contributed by atoms with E-state index >= 15 is 0 Å². The van der Waals surface area contributed by atoms with Gasteiger partial charge in [-0.1, -0.05) is 60.1 Å². The Labute approximate surface area is 375 Å². The lowest BCUT2D eigenvalue weighted by Gasteiger charge is -2.71. The number of aliphatic hydroxyl groups is 9. The van der Waals surface area contributed by atoms with Crippen LogP contribution in [-0.4, -0.2) is 169 Å². The average Bonchev–Trinajstić information content (AvgIpc) is 3.55. The van der Waals surface area contributed by atoms with Crippen molar-refractivity contribution in [2.45, 2.75) is 211 Å². The van der Waals surface area contributed by atoms with Crippen LogP contribution in [0.15, 0.2) is 11.6 Å². The Balaban J connectivity index is 0.868. The van der Waals surface area contributed by atoms with Crippen LogP contribution in [0.3, 0.4) is 0 Å². The van der Waals surface area contributed by atoms with Gasteiger partial charge in [0.15, 0.2) is 18.9 Å². The summed E-state index contributed by atoms with van der Waals surface area (Å²) in [5, 5.41) is 97.6. The summed E-state index contributed by atoms with van der Waals surface area (Å²) in [6.45, 7) is 16.8. The Morgan fingerprint density at radius 3 is 2.12 bits per heavy atom. The van der Waals surface area contributed by atoms with E-state index in [1.165, 1.54) is 12.5 Å². The quantitative estimate of drug-likeness (QED) is 0.0972. The minimum atomic E-state index is -1.68. The molecule has 0 aromatic carbocycles. The van der Waals surface area contributed by atoms with Gasteiger partial charge in [-0.3, -0.25) is 4.79 Å². The number of aliphatic hydroxyl groups excluding tert-OH is 9. The number of rotatable bonds is 7. The fourth-order valence-corrected chi connectivity index (χ4v) is 15.2. The van der Waals surface area contributed by atoms with E-state index in [9.17, 15) is 50.8 Å². The minimum absolute atomic E-state index is 0.0649. The second-order valence-electron chi connectivity index (χ2n) is 23.3. The van der Waals surface area contributed by atoms with E-state index in [1.807, 2.05) is 0 Å². The monoisotopic (exact) mass is 910 g/mol. The summed E-state index contributed by atoms with van der Waals surface area (Å²) >= 11 is 0. The molecule has 0 amide bonds. The van der Waals surface area contributed by atoms with E-state index in [2.05, 4.69) is 54.5 Å². The highest BCUT2D eigenvalue weighted by molar-refractivity contribution is 5.82. The van der Waals surface area contributed by atoms with Gasteiger partial charge in [-0.15, -0.1) is 0 Å². The Kier molecular flexibility index (Phi) is 12.0. The highest BCUT2D eigenvalue weighted by Gasteiger charge is 2.74. The fraction of sp³-hybridized carbons (Fsp3) is 0.936. The van der Waals surface area contributed by atoms with Crippen LogP contribution in [0.25, 0.3) is 0 Å². The molecule has 0 aromatic heterocycles. The third-order valence-electron chi connectivity index (χ3n) is 19.3. The molecule has 364 valence electrons. The molecule has 4 saturated heterocycles. The number of fused-ring (bicyclic) bond motifs is 7. The maximum Gasteiger partial charge on any atom is 0.315 e. The molecule has 9 N–H and O–H groups in total. The van der Waals surface area contributed by atoms with Gasteiger partial charge in [0.2, 0.25) is 0 Å². The number of carbonyl (C=O) groups excluding carboxylic acids is 1. The van der Waals surface area contributed by atoms with E-state index < -0.39 is 116 Å². The Morgan fingerprint density at radius 2 is 1.41 bits per heavy atom. The Bertz CT molecular complexity index is 1810. The maximum absolute atomic E-state index is 13.7. The second kappa shape index (κ2) is 16.1. The van der Waals surface area contributed by atoms with E-state index in [4.69, 9.17) is 33.2 Å². The summed E-state index contributed by atoms with van der Waals surface area (Å²) in [7, 11) is 0. The van der Waals surface area contributed by atoms with Gasteiger partial charge >= 0.3 is 5.97 Å². The van der Waals surface area contributed by atoms with Gasteiger partial charge in [0.1, 0.15) is 72.6 Å². The molecular weight excluding hydrogens is 837 g/mol. The van der Waals surface area contributed by atoms with E-state index in [0.29, 0.717) is 25.2 Å². The van der Waals surface area contributed by atoms with Crippen molar-refractivity contribution in [2.75, 3.05) is 13.2 Å². The van der Waals surface area contributed by atoms with Crippen molar-refractivity contribution in [3.8, 4) is 0 Å². The lowest BCUT2D eigenvalue weighted by molar-refractivity contribution is -0.356. The van der Waals surface area contributed by atoms with Gasteiger partial charge in [0, 0.05) is 11.8 Å². The normalized spacial score (nSPS) is 56.5. The van der Waals surface area contributed by atoms with E-state index in [0.717, 1.165) is 32.1 Å². The molecule has 24 atom stereocenters. The highest BCUT2D eigenvalue weighted by Crippen LogP contribution is 2.76. The summed E-state index contributed by atoms with van der Waals surface area (Å²) < 4.78 is 41.5. The number of allylic oxidation sites excluding steroid dienone is 2. The van der Waals surface area contributed by atoms with Gasteiger partial charge in [0.25, 0.3) is 0 Å². The lowest BCUT2D eigenvalue weighted by Crippen LogP contribution is -2.67. The summed E-state index contributed by atoms with van der Waals surface area (Å²) in [5.41, 5.74) is -0.715. The molecule has 1 spiro atoms. The third-order valence-corrected chi connectivity index (χ3v) is 19.3. The van der Waals surface area contributed by atoms with Crippen molar-refractivity contribution in [3.63, 3.8) is 0 Å². The molecule has 9 rings (SSSR count). The molecule has 17 heteroatoms. The van der Waals surface area contributed by atoms with Crippen LogP contribution in [0.4, 0.5) is 0 Å². The average molecular weight is 911 g/mol. The van der Waals surface area contributed by atoms with Crippen molar-refractivity contribution in [2.24, 2.45) is 50.2 Å². The topological polar surface area (TPSA) is 264 Å². The van der Waals surface area contributed by atoms with Gasteiger partial charge < -0.3 is 79.1 Å². The molecule has 4 aliphatic heterocycles. The lowest BCUT2D eigenvalue weighted by atomic mass is 9.33. The second-order valence-corrected chi connectivity index (χ2v) is 23.3. The molecule has 4 heterocycles. The molecule has 17 nitrogen and oxygen atoms in total. The van der Waals surface area contributed by atoms with Crippen LogP contribution in [0.1, 0.15) is 107 Å². The molecule has 2 bridgehead atoms. The maximum atomic E-state index is 13.7. The standard InChI is InChI=1S/C47H74O17/c1-20-37(64-39-34(54)30(50)23(48)18-58-39)33(53)36(56)38(60-20)59-19-24-31(51)32(52)35(55)40(61-24)62-28-12-13-44(6)25(43(28,4)5)11-14-45(7)26(44)10-9-21-22-15-42(2,3)29-17-47(22,41(57)63-29)27(49)16-46(21,45)8/h9,20,22-40,48-56H,10-19H2,1-8H3/t20-,22-,23+,24+,25-,26+,27+,28-,29-,30-,31+,32-,33-,34+,35+,36+,37-,38+,39-,40-,44-,45+,46+,47+/m0/s1. The fourth-order valence-electron chi connectivity index (χ4n) is 15.2. The number of esters is 1. The summed E-state index contributed by atoms with van der Waals surface area (Å²) in [6, 6.07) is 0. The minimum Gasteiger partial charge on any atom is -0.461 e. The van der Waals surface area contributed by atoms with Crippen molar-refractivity contribution in [1.29, 1.82) is 0 Å². The molecule has 4 saturated carbocycles. The smallest absolute Gasteiger partial charge is 0.315 e. The zero-order valence-electron chi connectivity index (χ0n) is 38.5. The van der Waals surface area contributed by atoms with Gasteiger partial charge in [-0.25, -0.2) is 0 Å². The predicted octanol–water partition coefficient (Wildman–Crippen LogP) is 0.794. The molecule has 8 fully saturated rings. The first-order chi connectivity index (χ1) is 29.8. The summed E-state index contributed by atoms with van der Waals surface area (Å²) in [6.07, 6.45) is -13.0. The zero-order valence-corrected chi connectivity index (χ0v) is 38.5. The van der Waals surface area contributed by atoms with Crippen LogP contribution in [0.5, 0.6) is 0 Å². The van der Waals surface area contributed by atoms with Gasteiger partial charge in [0.05, 0.1) is 31.5 Å². The van der Waals surface area contributed by atoms with E-state index in [-0.39, 0.29) is 52.2 Å². The zero-order chi connectivity index (χ0) is 46.4. The highest BCUT2D eigenvalue weighted by atomic mass is 16.7. The predicted molar refractivity (Wildman–Crippen MR) is 222 cm³/mol. The van der Waals surface area contributed by atoms with Crippen LogP contribution in [-0.2, 0) is 38.0 Å². The van der Waals surface area contributed by atoms with Crippen molar-refractivity contribution >= 4 is 5.97 Å². The first-order valence-electron chi connectivity index (χ1n) is 23.7. The number of carbonyl (C=O) groups is 1. The first kappa shape index (κ1) is 47.7. The first-order valence-corrected chi connectivity index (χ1v) is 23.7. The van der Waals surface area contributed by atoms with Crippen LogP contribution in [0.2, 0.25) is 0 Å². The molecule has 9 aliphatic rings. The summed E-state index contributed by atoms with van der Waals surface area (Å²) in [4.78, 5) is 13.7. The van der Waals surface area contributed by atoms with Gasteiger partial charge in [-0.2, -0.15) is 0 Å². The summed E-state index contributed by atoms with van der Waals surface area (Å²) in [5.74, 6) is 0.203. The molecule has 64 heavy (non-hydrogen) atoms. The van der Waals surface area contributed by atoms with Crippen molar-refractivity contribution in [1.82, 2.24) is 0 Å². The van der Waals surface area contributed by atoms with Crippen LogP contribution in [0, 0.1) is 50.2 Å². The van der Waals surface area contributed by atoms with E-state index in [1.54, 1.807) is 0 Å². The molecule has 5 aliphatic carbocycles. The molecular formula is C47H74O17. The van der Waals surface area contributed by atoms with Crippen LogP contribution < -0.4 is 0 Å². The van der Waals surface area contributed by atoms with Crippen LogP contribution >= 0.6 is 0 Å². The number of hydrogen-bond donors (Lipinski definition) is 9. The molecule has 0 aromatic rings. The number of ether oxygens (including phenoxy) is 7. The molecule has 0 unspecified atom stereocenters. The Morgan fingerprint density at radius 1 is 0.719 bits per heavy atom. The van der Waals surface area contributed by atoms with Gasteiger partial charge in [-0.05, 0) is 91.3 Å². The largest absolute Gasteiger partial charge is 0.461 e. The SMILES string of the molecule is C[C@@H]1O[C@@H](OC[C@H]2O[C@@H](O[C@H]3CC[C@]4(C)[C@H]5CC=C6[C@@H]7CC(C)(C)[C@@H]8C[C@]7(C(=O)O8)[C@H](O)C[C@@]6(C)[C@]5(C)CC[C@H]4C3(C)C)[C@H](O)[C@@H](O)[C@@H]2O)[C@H](O)[C@H](O)[C@H]1O[C@@H]1OC[C@@H](O)[C@H](O)[C@H]1O. The van der Waals surface area contributed by atoms with Crippen molar-refractivity contribution in [3.05, 3.63) is 11.6 Å². The number of hydrogen-bond acceptors (Lipinski definition) is 17. The van der Waals surface area contributed by atoms with Crippen molar-refractivity contribution < 1.29 is 83.9 Å². The Hall–Kier alpha value is -1.39. The molecule has 0 radical (unpaired) electrons. The third kappa shape index (κ3) is 6.83.